The Labute approximate surface area is 539 Å². The van der Waals surface area contributed by atoms with E-state index in [4.69, 9.17) is 4.74 Å². The van der Waals surface area contributed by atoms with Crippen molar-refractivity contribution in [3.63, 3.8) is 0 Å². The Morgan fingerprint density at radius 2 is 0.547 bits per heavy atom. The van der Waals surface area contributed by atoms with Crippen LogP contribution >= 0.6 is 0 Å². The third kappa shape index (κ3) is 71.7. The molecule has 0 aromatic heterocycles. The zero-order chi connectivity index (χ0) is 62.0. The minimum Gasteiger partial charge on any atom is -0.466 e. The Morgan fingerprint density at radius 3 is 0.826 bits per heavy atom. The number of carbonyl (C=O) groups excluding carboxylic acids is 2. The summed E-state index contributed by atoms with van der Waals surface area (Å²) in [6.45, 7) is 5.01. The molecule has 0 aliphatic heterocycles. The molecule has 0 rings (SSSR count). The van der Waals surface area contributed by atoms with E-state index in [-0.39, 0.29) is 18.5 Å². The second kappa shape index (κ2) is 76.1. The molecule has 2 unspecified atom stereocenters. The number of amides is 1. The summed E-state index contributed by atoms with van der Waals surface area (Å²) in [5.41, 5.74) is 0. The van der Waals surface area contributed by atoms with Gasteiger partial charge in [-0.25, -0.2) is 0 Å². The molecular formula is C80H157NO5. The Hall–Kier alpha value is -1.40. The molecule has 0 aliphatic carbocycles. The Morgan fingerprint density at radius 1 is 0.314 bits per heavy atom. The number of nitrogens with one attached hydrogen (secondary N) is 1. The number of carbonyl (C=O) groups is 2. The summed E-state index contributed by atoms with van der Waals surface area (Å²) < 4.78 is 5.50. The smallest absolute Gasteiger partial charge is 0.305 e. The van der Waals surface area contributed by atoms with Gasteiger partial charge >= 0.3 is 5.97 Å². The number of ether oxygens (including phenoxy) is 1. The molecule has 512 valence electrons. The predicted molar refractivity (Wildman–Crippen MR) is 380 cm³/mol. The molecule has 3 N–H and O–H groups in total. The first kappa shape index (κ1) is 84.6. The van der Waals surface area contributed by atoms with Crippen LogP contribution in [0.5, 0.6) is 0 Å². The Bertz CT molecular complexity index is 1300. The van der Waals surface area contributed by atoms with Crippen LogP contribution in [0.2, 0.25) is 0 Å². The van der Waals surface area contributed by atoms with Crippen LogP contribution in [0.4, 0.5) is 0 Å². The Balaban J connectivity index is 3.35. The van der Waals surface area contributed by atoms with Gasteiger partial charge in [-0.1, -0.05) is 411 Å². The van der Waals surface area contributed by atoms with E-state index in [1.807, 2.05) is 0 Å². The molecule has 2 atom stereocenters. The van der Waals surface area contributed by atoms with Crippen LogP contribution < -0.4 is 5.32 Å². The number of allylic oxidation sites excluding steroid dienone is 2. The van der Waals surface area contributed by atoms with E-state index in [2.05, 4.69) is 31.3 Å². The fraction of sp³-hybridized carbons (Fsp3) is 0.950. The van der Waals surface area contributed by atoms with Gasteiger partial charge < -0.3 is 20.3 Å². The monoisotopic (exact) mass is 1210 g/mol. The van der Waals surface area contributed by atoms with Crippen molar-refractivity contribution in [1.29, 1.82) is 0 Å². The molecule has 0 spiro atoms. The molecule has 0 aliphatic rings. The van der Waals surface area contributed by atoms with Crippen LogP contribution in [0, 0.1) is 0 Å². The minimum atomic E-state index is -0.664. The molecule has 0 bridgehead atoms. The molecule has 6 nitrogen and oxygen atoms in total. The molecule has 0 aromatic rings. The summed E-state index contributed by atoms with van der Waals surface area (Å²) in [6, 6.07) is -0.541. The maximum atomic E-state index is 12.6. The lowest BCUT2D eigenvalue weighted by Gasteiger charge is -2.22. The van der Waals surface area contributed by atoms with Gasteiger partial charge in [0, 0.05) is 12.8 Å². The minimum absolute atomic E-state index is 0.0219. The van der Waals surface area contributed by atoms with E-state index in [0.717, 1.165) is 38.5 Å². The first-order valence-electron chi connectivity index (χ1n) is 39.9. The van der Waals surface area contributed by atoms with Gasteiger partial charge in [-0.05, 0) is 51.4 Å². The summed E-state index contributed by atoms with van der Waals surface area (Å²) >= 11 is 0. The molecule has 0 fully saturated rings. The number of unbranched alkanes of at least 4 members (excludes halogenated alkanes) is 63. The van der Waals surface area contributed by atoms with E-state index < -0.39 is 12.1 Å². The van der Waals surface area contributed by atoms with Gasteiger partial charge in [0.05, 0.1) is 25.4 Å². The number of aliphatic hydroxyl groups is 2. The molecule has 1 amide bonds. The number of hydrogen-bond donors (Lipinski definition) is 3. The van der Waals surface area contributed by atoms with Crippen LogP contribution in [0.1, 0.15) is 463 Å². The topological polar surface area (TPSA) is 95.9 Å². The summed E-state index contributed by atoms with van der Waals surface area (Å²) in [6.07, 6.45) is 95.9. The molecule has 0 heterocycles. The van der Waals surface area contributed by atoms with Crippen LogP contribution in [0.15, 0.2) is 12.2 Å². The second-order valence-corrected chi connectivity index (χ2v) is 27.8. The SMILES string of the molecule is CCCCCCCCCCCCCCCCCCCCCCCCCC(O)C(CO)NC(=O)CCCCCCCCCCCCCCCCC/C=C\CCCCCCCCCCCCCCOC(=O)CCCCCCCCCCCCCCCCC. The highest BCUT2D eigenvalue weighted by Crippen LogP contribution is 2.20. The third-order valence-electron chi connectivity index (χ3n) is 19.1. The molecular weight excluding hydrogens is 1050 g/mol. The highest BCUT2D eigenvalue weighted by Gasteiger charge is 2.20. The molecule has 0 saturated carbocycles. The third-order valence-corrected chi connectivity index (χ3v) is 19.1. The van der Waals surface area contributed by atoms with Gasteiger partial charge in [-0.2, -0.15) is 0 Å². The summed E-state index contributed by atoms with van der Waals surface area (Å²) in [7, 11) is 0. The van der Waals surface area contributed by atoms with Crippen molar-refractivity contribution in [3.8, 4) is 0 Å². The van der Waals surface area contributed by atoms with Crippen molar-refractivity contribution in [1.82, 2.24) is 5.32 Å². The maximum absolute atomic E-state index is 12.6. The zero-order valence-corrected chi connectivity index (χ0v) is 58.8. The van der Waals surface area contributed by atoms with Gasteiger partial charge in [0.1, 0.15) is 0 Å². The summed E-state index contributed by atoms with van der Waals surface area (Å²) in [4.78, 5) is 24.7. The van der Waals surface area contributed by atoms with Crippen molar-refractivity contribution in [3.05, 3.63) is 12.2 Å². The van der Waals surface area contributed by atoms with Crippen molar-refractivity contribution in [2.45, 2.75) is 475 Å². The standard InChI is InChI=1S/C80H157NO5/c1-3-5-7-9-11-13-15-17-19-20-21-22-32-35-38-41-45-48-52-56-60-64-68-72-78(83)77(76-82)81-79(84)73-69-65-61-57-53-49-46-42-39-36-33-30-28-26-24-23-25-27-29-31-34-37-40-43-47-51-55-59-63-67-71-75-86-80(85)74-70-66-62-58-54-50-44-18-16-14-12-10-8-6-4-2/h25,27,77-78,82-83H,3-24,26,28-76H2,1-2H3,(H,81,84)/b27-25-. The average Bonchev–Trinajstić information content (AvgIpc) is 3.52. The predicted octanol–water partition coefficient (Wildman–Crippen LogP) is 26.3. The lowest BCUT2D eigenvalue weighted by atomic mass is 10.0. The zero-order valence-electron chi connectivity index (χ0n) is 58.8. The van der Waals surface area contributed by atoms with Crippen molar-refractivity contribution in [2.75, 3.05) is 13.2 Å². The average molecular weight is 1210 g/mol. The first-order valence-corrected chi connectivity index (χ1v) is 39.9. The van der Waals surface area contributed by atoms with E-state index in [1.165, 1.54) is 392 Å². The van der Waals surface area contributed by atoms with E-state index >= 15 is 0 Å². The van der Waals surface area contributed by atoms with Crippen molar-refractivity contribution in [2.24, 2.45) is 0 Å². The van der Waals surface area contributed by atoms with E-state index in [9.17, 15) is 19.8 Å². The number of aliphatic hydroxyl groups excluding tert-OH is 2. The maximum Gasteiger partial charge on any atom is 0.305 e. The van der Waals surface area contributed by atoms with Crippen molar-refractivity contribution < 1.29 is 24.5 Å². The highest BCUT2D eigenvalue weighted by atomic mass is 16.5. The Kier molecular flexibility index (Phi) is 74.8. The van der Waals surface area contributed by atoms with Crippen LogP contribution in [-0.2, 0) is 14.3 Å². The summed E-state index contributed by atoms with van der Waals surface area (Å²) in [5, 5.41) is 23.5. The number of rotatable bonds is 76. The lowest BCUT2D eigenvalue weighted by molar-refractivity contribution is -0.143. The van der Waals surface area contributed by atoms with Crippen LogP contribution in [-0.4, -0.2) is 47.4 Å². The first-order chi connectivity index (χ1) is 42.5. The lowest BCUT2D eigenvalue weighted by Crippen LogP contribution is -2.45. The van der Waals surface area contributed by atoms with E-state index in [0.29, 0.717) is 25.9 Å². The van der Waals surface area contributed by atoms with Gasteiger partial charge in [0.25, 0.3) is 0 Å². The number of hydrogen-bond acceptors (Lipinski definition) is 5. The van der Waals surface area contributed by atoms with E-state index in [1.54, 1.807) is 0 Å². The molecule has 0 saturated heterocycles. The molecule has 0 aromatic carbocycles. The molecule has 0 radical (unpaired) electrons. The number of esters is 1. The normalized spacial score (nSPS) is 12.5. The van der Waals surface area contributed by atoms with Gasteiger partial charge in [-0.3, -0.25) is 9.59 Å². The van der Waals surface area contributed by atoms with Crippen molar-refractivity contribution >= 4 is 11.9 Å². The van der Waals surface area contributed by atoms with Gasteiger partial charge in [-0.15, -0.1) is 0 Å². The quantitative estimate of drug-likeness (QED) is 0.0320. The molecule has 86 heavy (non-hydrogen) atoms. The largest absolute Gasteiger partial charge is 0.466 e. The second-order valence-electron chi connectivity index (χ2n) is 27.8. The fourth-order valence-electron chi connectivity index (χ4n) is 13.0. The highest BCUT2D eigenvalue weighted by molar-refractivity contribution is 5.76. The fourth-order valence-corrected chi connectivity index (χ4v) is 13.0. The van der Waals surface area contributed by atoms with Gasteiger partial charge in [0.2, 0.25) is 5.91 Å². The van der Waals surface area contributed by atoms with Crippen LogP contribution in [0.3, 0.4) is 0 Å². The van der Waals surface area contributed by atoms with Crippen LogP contribution in [0.25, 0.3) is 0 Å². The molecule has 6 heteroatoms. The summed E-state index contributed by atoms with van der Waals surface area (Å²) in [5.74, 6) is -0.00489. The van der Waals surface area contributed by atoms with Gasteiger partial charge in [0.15, 0.2) is 0 Å².